The van der Waals surface area contributed by atoms with Gasteiger partial charge >= 0.3 is 0 Å². The molecule has 2 aromatic rings. The number of benzene rings is 2. The summed E-state index contributed by atoms with van der Waals surface area (Å²) in [6.07, 6.45) is 0. The molecule has 112 valence electrons. The Morgan fingerprint density at radius 1 is 1.09 bits per heavy atom. The highest BCUT2D eigenvalue weighted by molar-refractivity contribution is 5.99. The molecule has 0 heterocycles. The van der Waals surface area contributed by atoms with E-state index >= 15 is 0 Å². The number of nitrogens with zero attached hydrogens (tertiary/aromatic N) is 2. The number of carbonyl (C=O) groups excluding carboxylic acids is 1. The van der Waals surface area contributed by atoms with Gasteiger partial charge in [-0.15, -0.1) is 0 Å². The topological polar surface area (TPSA) is 53.3 Å². The van der Waals surface area contributed by atoms with Gasteiger partial charge in [0.2, 0.25) is 0 Å². The molecule has 2 aromatic carbocycles. The molecule has 0 aliphatic heterocycles. The molecule has 0 aliphatic rings. The first kappa shape index (κ1) is 15.6. The van der Waals surface area contributed by atoms with E-state index in [-0.39, 0.29) is 5.91 Å². The van der Waals surface area contributed by atoms with E-state index in [9.17, 15) is 10.1 Å². The number of nitriles is 1. The largest absolute Gasteiger partial charge is 0.456 e. The molecule has 1 amide bonds. The van der Waals surface area contributed by atoms with Crippen LogP contribution in [0, 0.1) is 11.3 Å². The van der Waals surface area contributed by atoms with Crippen LogP contribution < -0.4 is 4.74 Å². The first-order valence-electron chi connectivity index (χ1n) is 7.26. The van der Waals surface area contributed by atoms with Crippen molar-refractivity contribution in [2.75, 3.05) is 13.1 Å². The predicted octanol–water partition coefficient (Wildman–Crippen LogP) is 3.83. The van der Waals surface area contributed by atoms with E-state index in [2.05, 4.69) is 6.07 Å². The summed E-state index contributed by atoms with van der Waals surface area (Å²) < 4.78 is 5.81. The molecule has 0 atom stereocenters. The van der Waals surface area contributed by atoms with Crippen molar-refractivity contribution in [2.45, 2.75) is 13.8 Å². The highest BCUT2D eigenvalue weighted by Gasteiger charge is 2.22. The van der Waals surface area contributed by atoms with Crippen molar-refractivity contribution >= 4 is 5.91 Å². The molecule has 0 bridgehead atoms. The highest BCUT2D eigenvalue weighted by Crippen LogP contribution is 2.28. The summed E-state index contributed by atoms with van der Waals surface area (Å²) in [4.78, 5) is 14.4. The lowest BCUT2D eigenvalue weighted by atomic mass is 10.1. The molecule has 4 heteroatoms. The molecule has 0 aliphatic carbocycles. The van der Waals surface area contributed by atoms with Gasteiger partial charge in [-0.25, -0.2) is 0 Å². The third-order valence-corrected chi connectivity index (χ3v) is 3.38. The normalized spacial score (nSPS) is 9.86. The number of amides is 1. The van der Waals surface area contributed by atoms with E-state index in [1.54, 1.807) is 23.1 Å². The van der Waals surface area contributed by atoms with Crippen LogP contribution >= 0.6 is 0 Å². The zero-order chi connectivity index (χ0) is 15.9. The number of carbonyl (C=O) groups is 1. The average Bonchev–Trinajstić information content (AvgIpc) is 2.56. The van der Waals surface area contributed by atoms with Gasteiger partial charge in [0.1, 0.15) is 17.6 Å². The van der Waals surface area contributed by atoms with Crippen molar-refractivity contribution in [3.8, 4) is 17.6 Å². The SMILES string of the molecule is CCN(CC)C(=O)c1c(C#N)cccc1Oc1ccccc1. The summed E-state index contributed by atoms with van der Waals surface area (Å²) in [6.45, 7) is 4.99. The van der Waals surface area contributed by atoms with Gasteiger partial charge in [-0.3, -0.25) is 4.79 Å². The molecule has 0 aromatic heterocycles. The van der Waals surface area contributed by atoms with E-state index in [1.165, 1.54) is 0 Å². The van der Waals surface area contributed by atoms with Gasteiger partial charge in [0.05, 0.1) is 11.1 Å². The third-order valence-electron chi connectivity index (χ3n) is 3.38. The fourth-order valence-corrected chi connectivity index (χ4v) is 2.21. The second kappa shape index (κ2) is 7.28. The first-order chi connectivity index (χ1) is 10.7. The van der Waals surface area contributed by atoms with Crippen LogP contribution in [0.5, 0.6) is 11.5 Å². The van der Waals surface area contributed by atoms with Crippen LogP contribution in [0.2, 0.25) is 0 Å². The van der Waals surface area contributed by atoms with Crippen LogP contribution in [-0.2, 0) is 0 Å². The number of hydrogen-bond donors (Lipinski definition) is 0. The minimum absolute atomic E-state index is 0.187. The molecule has 0 unspecified atom stereocenters. The summed E-state index contributed by atoms with van der Waals surface area (Å²) >= 11 is 0. The Bertz CT molecular complexity index is 686. The summed E-state index contributed by atoms with van der Waals surface area (Å²) in [6, 6.07) is 16.4. The van der Waals surface area contributed by atoms with Gasteiger partial charge in [0, 0.05) is 13.1 Å². The van der Waals surface area contributed by atoms with Gasteiger partial charge in [0.15, 0.2) is 0 Å². The molecule has 0 saturated heterocycles. The van der Waals surface area contributed by atoms with Crippen molar-refractivity contribution in [1.29, 1.82) is 5.26 Å². The quantitative estimate of drug-likeness (QED) is 0.842. The Balaban J connectivity index is 2.46. The maximum Gasteiger partial charge on any atom is 0.258 e. The minimum Gasteiger partial charge on any atom is -0.456 e. The fraction of sp³-hybridized carbons (Fsp3) is 0.222. The van der Waals surface area contributed by atoms with Gasteiger partial charge in [0.25, 0.3) is 5.91 Å². The molecule has 2 rings (SSSR count). The maximum absolute atomic E-state index is 12.7. The van der Waals surface area contributed by atoms with E-state index in [4.69, 9.17) is 4.74 Å². The maximum atomic E-state index is 12.7. The van der Waals surface area contributed by atoms with E-state index < -0.39 is 0 Å². The molecule has 4 nitrogen and oxygen atoms in total. The predicted molar refractivity (Wildman–Crippen MR) is 84.9 cm³/mol. The van der Waals surface area contributed by atoms with Crippen molar-refractivity contribution in [3.05, 3.63) is 59.7 Å². The Hall–Kier alpha value is -2.80. The summed E-state index contributed by atoms with van der Waals surface area (Å²) in [5, 5.41) is 9.31. The first-order valence-corrected chi connectivity index (χ1v) is 7.26. The van der Waals surface area contributed by atoms with Crippen LogP contribution in [0.1, 0.15) is 29.8 Å². The van der Waals surface area contributed by atoms with Gasteiger partial charge in [-0.1, -0.05) is 24.3 Å². The molecule has 0 saturated carbocycles. The summed E-state index contributed by atoms with van der Waals surface area (Å²) in [7, 11) is 0. The lowest BCUT2D eigenvalue weighted by Crippen LogP contribution is -2.31. The van der Waals surface area contributed by atoms with Crippen LogP contribution in [-0.4, -0.2) is 23.9 Å². The average molecular weight is 294 g/mol. The van der Waals surface area contributed by atoms with Gasteiger partial charge < -0.3 is 9.64 Å². The third kappa shape index (κ3) is 3.26. The molecular weight excluding hydrogens is 276 g/mol. The number of para-hydroxylation sites is 1. The van der Waals surface area contributed by atoms with Crippen molar-refractivity contribution in [2.24, 2.45) is 0 Å². The second-order valence-electron chi connectivity index (χ2n) is 4.68. The lowest BCUT2D eigenvalue weighted by molar-refractivity contribution is 0.0770. The Morgan fingerprint density at radius 2 is 1.77 bits per heavy atom. The highest BCUT2D eigenvalue weighted by atomic mass is 16.5. The minimum atomic E-state index is -0.187. The molecular formula is C18H18N2O2. The Labute approximate surface area is 130 Å². The van der Waals surface area contributed by atoms with Crippen molar-refractivity contribution in [3.63, 3.8) is 0 Å². The van der Waals surface area contributed by atoms with E-state index in [0.717, 1.165) is 0 Å². The molecule has 0 fully saturated rings. The standard InChI is InChI=1S/C18H18N2O2/c1-3-20(4-2)18(21)17-14(13-19)9-8-12-16(17)22-15-10-6-5-7-11-15/h5-12H,3-4H2,1-2H3. The van der Waals surface area contributed by atoms with Crippen LogP contribution in [0.25, 0.3) is 0 Å². The monoisotopic (exact) mass is 294 g/mol. The zero-order valence-corrected chi connectivity index (χ0v) is 12.7. The van der Waals surface area contributed by atoms with Crippen molar-refractivity contribution < 1.29 is 9.53 Å². The number of hydrogen-bond acceptors (Lipinski definition) is 3. The summed E-state index contributed by atoms with van der Waals surface area (Å²) in [5.74, 6) is 0.849. The lowest BCUT2D eigenvalue weighted by Gasteiger charge is -2.21. The Kier molecular flexibility index (Phi) is 5.16. The van der Waals surface area contributed by atoms with Crippen molar-refractivity contribution in [1.82, 2.24) is 4.90 Å². The van der Waals surface area contributed by atoms with Crippen LogP contribution in [0.15, 0.2) is 48.5 Å². The second-order valence-corrected chi connectivity index (χ2v) is 4.68. The van der Waals surface area contributed by atoms with Gasteiger partial charge in [-0.05, 0) is 38.1 Å². The van der Waals surface area contributed by atoms with E-state index in [1.807, 2.05) is 44.2 Å². The molecule has 0 N–H and O–H groups in total. The fourth-order valence-electron chi connectivity index (χ4n) is 2.21. The van der Waals surface area contributed by atoms with Crippen LogP contribution in [0.4, 0.5) is 0 Å². The number of rotatable bonds is 5. The summed E-state index contributed by atoms with van der Waals surface area (Å²) in [5.41, 5.74) is 0.642. The molecule has 0 spiro atoms. The Morgan fingerprint density at radius 3 is 2.36 bits per heavy atom. The number of ether oxygens (including phenoxy) is 1. The van der Waals surface area contributed by atoms with Crippen LogP contribution in [0.3, 0.4) is 0 Å². The molecule has 0 radical (unpaired) electrons. The van der Waals surface area contributed by atoms with E-state index in [0.29, 0.717) is 35.7 Å². The van der Waals surface area contributed by atoms with Gasteiger partial charge in [-0.2, -0.15) is 5.26 Å². The zero-order valence-electron chi connectivity index (χ0n) is 12.7. The smallest absolute Gasteiger partial charge is 0.258 e. The molecule has 22 heavy (non-hydrogen) atoms.